The summed E-state index contributed by atoms with van der Waals surface area (Å²) in [5.74, 6) is 1.18. The summed E-state index contributed by atoms with van der Waals surface area (Å²) in [6.45, 7) is 7.08. The molecule has 14 heavy (non-hydrogen) atoms. The molecule has 3 nitrogen and oxygen atoms in total. The molecule has 1 aromatic rings. The molecule has 0 spiro atoms. The van der Waals surface area contributed by atoms with E-state index in [1.807, 2.05) is 12.1 Å². The summed E-state index contributed by atoms with van der Waals surface area (Å²) in [5.41, 5.74) is 0.111. The third-order valence-corrected chi connectivity index (χ3v) is 2.40. The van der Waals surface area contributed by atoms with Gasteiger partial charge in [0.25, 0.3) is 0 Å². The van der Waals surface area contributed by atoms with E-state index in [9.17, 15) is 0 Å². The minimum absolute atomic E-state index is 0.111. The number of furan rings is 1. The SMILES string of the molecule is CCC(C)(C)NCc1ccc(C#N)o1. The van der Waals surface area contributed by atoms with Gasteiger partial charge in [0.05, 0.1) is 6.54 Å². The van der Waals surface area contributed by atoms with Crippen LogP contribution < -0.4 is 5.32 Å². The summed E-state index contributed by atoms with van der Waals surface area (Å²) >= 11 is 0. The Labute approximate surface area is 84.7 Å². The molecule has 0 atom stereocenters. The Morgan fingerprint density at radius 3 is 2.71 bits per heavy atom. The highest BCUT2D eigenvalue weighted by molar-refractivity contribution is 5.19. The van der Waals surface area contributed by atoms with Gasteiger partial charge in [-0.05, 0) is 32.4 Å². The van der Waals surface area contributed by atoms with Crippen molar-refractivity contribution < 1.29 is 4.42 Å². The average Bonchev–Trinajstić information content (AvgIpc) is 2.63. The van der Waals surface area contributed by atoms with Crippen LogP contribution in [0.4, 0.5) is 0 Å². The van der Waals surface area contributed by atoms with Gasteiger partial charge in [0.15, 0.2) is 0 Å². The number of nitriles is 1. The second-order valence-electron chi connectivity index (χ2n) is 3.97. The van der Waals surface area contributed by atoms with Crippen LogP contribution in [-0.4, -0.2) is 5.54 Å². The molecule has 0 aliphatic heterocycles. The van der Waals surface area contributed by atoms with Crippen LogP contribution in [0.25, 0.3) is 0 Å². The molecule has 0 aromatic carbocycles. The first-order chi connectivity index (χ1) is 6.57. The van der Waals surface area contributed by atoms with Gasteiger partial charge < -0.3 is 9.73 Å². The highest BCUT2D eigenvalue weighted by Crippen LogP contribution is 2.11. The maximum Gasteiger partial charge on any atom is 0.203 e. The summed E-state index contributed by atoms with van der Waals surface area (Å²) in [6.07, 6.45) is 1.05. The van der Waals surface area contributed by atoms with Crippen molar-refractivity contribution in [1.29, 1.82) is 5.26 Å². The predicted molar refractivity (Wildman–Crippen MR) is 54.6 cm³/mol. The standard InChI is InChI=1S/C11H16N2O/c1-4-11(2,3)13-8-10-6-5-9(7-12)14-10/h5-6,13H,4,8H2,1-3H3. The average molecular weight is 192 g/mol. The molecular formula is C11H16N2O. The topological polar surface area (TPSA) is 49.0 Å². The highest BCUT2D eigenvalue weighted by Gasteiger charge is 2.14. The summed E-state index contributed by atoms with van der Waals surface area (Å²) in [7, 11) is 0. The second-order valence-corrected chi connectivity index (χ2v) is 3.97. The monoisotopic (exact) mass is 192 g/mol. The molecule has 0 saturated heterocycles. The van der Waals surface area contributed by atoms with E-state index in [1.165, 1.54) is 0 Å². The van der Waals surface area contributed by atoms with Gasteiger partial charge in [-0.1, -0.05) is 6.92 Å². The molecule has 0 bridgehead atoms. The first kappa shape index (κ1) is 10.8. The van der Waals surface area contributed by atoms with Crippen LogP contribution in [-0.2, 0) is 6.54 Å². The quantitative estimate of drug-likeness (QED) is 0.797. The van der Waals surface area contributed by atoms with Crippen molar-refractivity contribution in [2.24, 2.45) is 0 Å². The lowest BCUT2D eigenvalue weighted by molar-refractivity contribution is 0.350. The summed E-state index contributed by atoms with van der Waals surface area (Å²) in [5, 5.41) is 11.9. The molecule has 0 aliphatic rings. The van der Waals surface area contributed by atoms with E-state index in [0.29, 0.717) is 12.3 Å². The van der Waals surface area contributed by atoms with Gasteiger partial charge in [-0.15, -0.1) is 0 Å². The highest BCUT2D eigenvalue weighted by atomic mass is 16.3. The van der Waals surface area contributed by atoms with Crippen molar-refractivity contribution in [2.45, 2.75) is 39.3 Å². The fraction of sp³-hybridized carbons (Fsp3) is 0.545. The smallest absolute Gasteiger partial charge is 0.203 e. The van der Waals surface area contributed by atoms with E-state index in [-0.39, 0.29) is 5.54 Å². The van der Waals surface area contributed by atoms with Crippen molar-refractivity contribution in [3.63, 3.8) is 0 Å². The molecule has 1 aromatic heterocycles. The summed E-state index contributed by atoms with van der Waals surface area (Å²) < 4.78 is 5.25. The minimum atomic E-state index is 0.111. The van der Waals surface area contributed by atoms with Crippen molar-refractivity contribution in [1.82, 2.24) is 5.32 Å². The third kappa shape index (κ3) is 2.90. The third-order valence-electron chi connectivity index (χ3n) is 2.40. The van der Waals surface area contributed by atoms with Crippen LogP contribution in [0.3, 0.4) is 0 Å². The van der Waals surface area contributed by atoms with Gasteiger partial charge in [0, 0.05) is 5.54 Å². The molecule has 0 fully saturated rings. The Morgan fingerprint density at radius 2 is 2.21 bits per heavy atom. The van der Waals surface area contributed by atoms with Gasteiger partial charge in [0.2, 0.25) is 5.76 Å². The largest absolute Gasteiger partial charge is 0.449 e. The molecule has 0 saturated carbocycles. The second kappa shape index (κ2) is 4.30. The van der Waals surface area contributed by atoms with Gasteiger partial charge in [-0.2, -0.15) is 5.26 Å². The molecule has 1 rings (SSSR count). The van der Waals surface area contributed by atoms with Crippen LogP contribution in [0, 0.1) is 11.3 Å². The molecule has 1 heterocycles. The number of nitrogens with zero attached hydrogens (tertiary/aromatic N) is 1. The Hall–Kier alpha value is -1.27. The van der Waals surface area contributed by atoms with Crippen molar-refractivity contribution in [3.05, 3.63) is 23.7 Å². The van der Waals surface area contributed by atoms with Gasteiger partial charge >= 0.3 is 0 Å². The van der Waals surface area contributed by atoms with E-state index in [0.717, 1.165) is 12.2 Å². The number of hydrogen-bond acceptors (Lipinski definition) is 3. The summed E-state index contributed by atoms with van der Waals surface area (Å²) in [6, 6.07) is 5.49. The van der Waals surface area contributed by atoms with E-state index < -0.39 is 0 Å². The predicted octanol–water partition coefficient (Wildman–Crippen LogP) is 2.43. The van der Waals surface area contributed by atoms with Crippen molar-refractivity contribution in [2.75, 3.05) is 0 Å². The minimum Gasteiger partial charge on any atom is -0.449 e. The number of rotatable bonds is 4. The summed E-state index contributed by atoms with van der Waals surface area (Å²) in [4.78, 5) is 0. The van der Waals surface area contributed by atoms with E-state index in [2.05, 4.69) is 26.1 Å². The molecule has 0 unspecified atom stereocenters. The lowest BCUT2D eigenvalue weighted by Gasteiger charge is -2.23. The molecular weight excluding hydrogens is 176 g/mol. The van der Waals surface area contributed by atoms with Crippen LogP contribution in [0.1, 0.15) is 38.7 Å². The van der Waals surface area contributed by atoms with Crippen molar-refractivity contribution >= 4 is 0 Å². The van der Waals surface area contributed by atoms with Crippen molar-refractivity contribution in [3.8, 4) is 6.07 Å². The van der Waals surface area contributed by atoms with Crippen LogP contribution in [0.5, 0.6) is 0 Å². The maximum absolute atomic E-state index is 8.56. The molecule has 0 amide bonds. The van der Waals surface area contributed by atoms with Crippen LogP contribution in [0.2, 0.25) is 0 Å². The zero-order chi connectivity index (χ0) is 10.6. The molecule has 76 valence electrons. The fourth-order valence-electron chi connectivity index (χ4n) is 0.984. The van der Waals surface area contributed by atoms with Crippen LogP contribution in [0.15, 0.2) is 16.5 Å². The first-order valence-electron chi connectivity index (χ1n) is 4.81. The Kier molecular flexibility index (Phi) is 3.32. The number of nitrogens with one attached hydrogen (secondary N) is 1. The number of hydrogen-bond donors (Lipinski definition) is 1. The lowest BCUT2D eigenvalue weighted by atomic mass is 10.0. The first-order valence-corrected chi connectivity index (χ1v) is 4.81. The van der Waals surface area contributed by atoms with E-state index >= 15 is 0 Å². The van der Waals surface area contributed by atoms with Crippen LogP contribution >= 0.6 is 0 Å². The van der Waals surface area contributed by atoms with E-state index in [1.54, 1.807) is 6.07 Å². The lowest BCUT2D eigenvalue weighted by Crippen LogP contribution is -2.37. The fourth-order valence-corrected chi connectivity index (χ4v) is 0.984. The van der Waals surface area contributed by atoms with Gasteiger partial charge in [-0.25, -0.2) is 0 Å². The van der Waals surface area contributed by atoms with E-state index in [4.69, 9.17) is 9.68 Å². The molecule has 3 heteroatoms. The van der Waals surface area contributed by atoms with Gasteiger partial charge in [0.1, 0.15) is 11.8 Å². The Bertz CT molecular complexity index is 333. The maximum atomic E-state index is 8.56. The molecule has 0 radical (unpaired) electrons. The molecule has 0 aliphatic carbocycles. The zero-order valence-electron chi connectivity index (χ0n) is 8.92. The Balaban J connectivity index is 2.50. The normalized spacial score (nSPS) is 11.3. The molecule has 1 N–H and O–H groups in total. The zero-order valence-corrected chi connectivity index (χ0v) is 8.92. The Morgan fingerprint density at radius 1 is 1.50 bits per heavy atom. The van der Waals surface area contributed by atoms with Gasteiger partial charge in [-0.3, -0.25) is 0 Å².